The molecule has 0 bridgehead atoms. The van der Waals surface area contributed by atoms with Gasteiger partial charge < -0.3 is 19.6 Å². The van der Waals surface area contributed by atoms with Crippen molar-refractivity contribution in [3.8, 4) is 0 Å². The van der Waals surface area contributed by atoms with Crippen LogP contribution in [0.2, 0.25) is 0 Å². The molecule has 2 atom stereocenters. The van der Waals surface area contributed by atoms with Crippen LogP contribution in [0.4, 0.5) is 4.39 Å². The number of aliphatic hydroxyl groups excluding tert-OH is 1. The number of aromatic nitrogens is 3. The Balaban J connectivity index is 1.39. The van der Waals surface area contributed by atoms with Crippen molar-refractivity contribution in [1.29, 1.82) is 0 Å². The maximum absolute atomic E-state index is 13.3. The lowest BCUT2D eigenvalue weighted by atomic mass is 10.2. The molecule has 0 amide bonds. The second-order valence-corrected chi connectivity index (χ2v) is 6.62. The SMILES string of the molecule is Cc1ccc(COC(O)N2CCO[C@H](c3nc4ncc(F)cc4[nH]3)C2)cc1. The van der Waals surface area contributed by atoms with Crippen molar-refractivity contribution < 1.29 is 19.0 Å². The topological polar surface area (TPSA) is 83.5 Å². The highest BCUT2D eigenvalue weighted by Gasteiger charge is 2.29. The zero-order chi connectivity index (χ0) is 18.8. The molecule has 27 heavy (non-hydrogen) atoms. The Morgan fingerprint density at radius 1 is 1.41 bits per heavy atom. The second kappa shape index (κ2) is 7.69. The number of imidazole rings is 1. The van der Waals surface area contributed by atoms with Gasteiger partial charge in [0.1, 0.15) is 17.7 Å². The number of H-pyrrole nitrogens is 1. The van der Waals surface area contributed by atoms with Gasteiger partial charge in [0.15, 0.2) is 5.65 Å². The fraction of sp³-hybridized carbons (Fsp3) is 0.368. The summed E-state index contributed by atoms with van der Waals surface area (Å²) >= 11 is 0. The molecule has 1 aliphatic rings. The van der Waals surface area contributed by atoms with Crippen molar-refractivity contribution in [2.24, 2.45) is 0 Å². The normalized spacial score (nSPS) is 19.4. The van der Waals surface area contributed by atoms with Crippen molar-refractivity contribution in [2.45, 2.75) is 26.0 Å². The number of aromatic amines is 1. The molecule has 1 unspecified atom stereocenters. The molecule has 1 fully saturated rings. The molecule has 3 heterocycles. The third-order valence-corrected chi connectivity index (χ3v) is 4.56. The van der Waals surface area contributed by atoms with Crippen molar-refractivity contribution in [3.05, 3.63) is 59.3 Å². The number of nitrogens with zero attached hydrogens (tertiary/aromatic N) is 3. The Morgan fingerprint density at radius 2 is 2.22 bits per heavy atom. The summed E-state index contributed by atoms with van der Waals surface area (Å²) < 4.78 is 24.7. The Hall–Kier alpha value is -2.39. The zero-order valence-corrected chi connectivity index (χ0v) is 14.9. The predicted molar refractivity (Wildman–Crippen MR) is 96.1 cm³/mol. The van der Waals surface area contributed by atoms with Crippen LogP contribution in [0.1, 0.15) is 23.1 Å². The molecule has 1 aromatic carbocycles. The van der Waals surface area contributed by atoms with E-state index in [2.05, 4.69) is 15.0 Å². The quantitative estimate of drug-likeness (QED) is 0.669. The van der Waals surface area contributed by atoms with Gasteiger partial charge in [0.25, 0.3) is 0 Å². The number of halogens is 1. The van der Waals surface area contributed by atoms with Crippen LogP contribution in [0, 0.1) is 12.7 Å². The average molecular weight is 372 g/mol. The first kappa shape index (κ1) is 18.0. The van der Waals surface area contributed by atoms with Gasteiger partial charge in [-0.25, -0.2) is 19.3 Å². The molecule has 4 rings (SSSR count). The smallest absolute Gasteiger partial charge is 0.216 e. The average Bonchev–Trinajstić information content (AvgIpc) is 3.10. The molecule has 0 saturated carbocycles. The number of rotatable bonds is 5. The van der Waals surface area contributed by atoms with E-state index in [1.807, 2.05) is 31.2 Å². The standard InChI is InChI=1S/C19H21FN4O3/c1-12-2-4-13(5-3-12)11-27-19(25)24-6-7-26-16(10-24)18-22-15-8-14(20)9-21-17(15)23-18/h2-5,8-9,16,19,25H,6-7,10-11H2,1H3,(H,21,22,23)/t16-,19?/m0/s1. The Kier molecular flexibility index (Phi) is 5.13. The van der Waals surface area contributed by atoms with Gasteiger partial charge in [0.2, 0.25) is 6.41 Å². The van der Waals surface area contributed by atoms with Crippen LogP contribution in [0.3, 0.4) is 0 Å². The lowest BCUT2D eigenvalue weighted by Gasteiger charge is -2.34. The van der Waals surface area contributed by atoms with Gasteiger partial charge in [-0.05, 0) is 12.5 Å². The number of pyridine rings is 1. The molecule has 7 nitrogen and oxygen atoms in total. The largest absolute Gasteiger partial charge is 0.368 e. The summed E-state index contributed by atoms with van der Waals surface area (Å²) in [7, 11) is 0. The summed E-state index contributed by atoms with van der Waals surface area (Å²) in [5.41, 5.74) is 3.12. The number of morpholine rings is 1. The number of ether oxygens (including phenoxy) is 2. The van der Waals surface area contributed by atoms with Crippen LogP contribution < -0.4 is 0 Å². The lowest BCUT2D eigenvalue weighted by Crippen LogP contribution is -2.46. The van der Waals surface area contributed by atoms with E-state index >= 15 is 0 Å². The molecule has 1 saturated heterocycles. The minimum atomic E-state index is -1.04. The van der Waals surface area contributed by atoms with Crippen LogP contribution in [0.5, 0.6) is 0 Å². The number of aryl methyl sites for hydroxylation is 1. The molecule has 8 heteroatoms. The molecule has 0 radical (unpaired) electrons. The van der Waals surface area contributed by atoms with Gasteiger partial charge >= 0.3 is 0 Å². The van der Waals surface area contributed by atoms with Crippen LogP contribution in [-0.4, -0.2) is 51.1 Å². The molecular formula is C19H21FN4O3. The summed E-state index contributed by atoms with van der Waals surface area (Å²) in [5.74, 6) is 0.127. The van der Waals surface area contributed by atoms with E-state index in [4.69, 9.17) is 9.47 Å². The number of benzene rings is 1. The highest BCUT2D eigenvalue weighted by Crippen LogP contribution is 2.23. The third kappa shape index (κ3) is 4.14. The fourth-order valence-corrected chi connectivity index (χ4v) is 3.04. The van der Waals surface area contributed by atoms with Crippen LogP contribution in [0.25, 0.3) is 11.2 Å². The minimum absolute atomic E-state index is 0.317. The minimum Gasteiger partial charge on any atom is -0.368 e. The maximum atomic E-state index is 13.3. The van der Waals surface area contributed by atoms with E-state index in [-0.39, 0.29) is 6.10 Å². The molecule has 0 spiro atoms. The van der Waals surface area contributed by atoms with Crippen molar-refractivity contribution in [1.82, 2.24) is 19.9 Å². The first-order chi connectivity index (χ1) is 13.1. The number of fused-ring (bicyclic) bond motifs is 1. The Morgan fingerprint density at radius 3 is 3.04 bits per heavy atom. The summed E-state index contributed by atoms with van der Waals surface area (Å²) in [6, 6.07) is 9.32. The van der Waals surface area contributed by atoms with E-state index in [1.54, 1.807) is 4.90 Å². The van der Waals surface area contributed by atoms with Crippen LogP contribution in [0.15, 0.2) is 36.5 Å². The monoisotopic (exact) mass is 372 g/mol. The molecule has 0 aliphatic carbocycles. The first-order valence-corrected chi connectivity index (χ1v) is 8.80. The van der Waals surface area contributed by atoms with Gasteiger partial charge in [-0.1, -0.05) is 29.8 Å². The second-order valence-electron chi connectivity index (χ2n) is 6.62. The lowest BCUT2D eigenvalue weighted by molar-refractivity contribution is -0.224. The van der Waals surface area contributed by atoms with Gasteiger partial charge in [-0.3, -0.25) is 0 Å². The Bertz CT molecular complexity index is 915. The summed E-state index contributed by atoms with van der Waals surface area (Å²) in [4.78, 5) is 13.1. The van der Waals surface area contributed by atoms with E-state index in [0.29, 0.717) is 43.3 Å². The number of hydrogen-bond donors (Lipinski definition) is 2. The predicted octanol–water partition coefficient (Wildman–Crippen LogP) is 2.27. The summed E-state index contributed by atoms with van der Waals surface area (Å²) in [5, 5.41) is 10.4. The Labute approximate surface area is 155 Å². The summed E-state index contributed by atoms with van der Waals surface area (Å²) in [6.45, 7) is 3.71. The van der Waals surface area contributed by atoms with E-state index in [1.165, 1.54) is 11.6 Å². The van der Waals surface area contributed by atoms with Crippen LogP contribution >= 0.6 is 0 Å². The van der Waals surface area contributed by atoms with Crippen molar-refractivity contribution in [3.63, 3.8) is 0 Å². The highest BCUT2D eigenvalue weighted by atomic mass is 19.1. The van der Waals surface area contributed by atoms with E-state index in [0.717, 1.165) is 11.8 Å². The molecule has 1 aliphatic heterocycles. The number of aliphatic hydroxyl groups is 1. The molecule has 3 aromatic rings. The van der Waals surface area contributed by atoms with Gasteiger partial charge in [-0.2, -0.15) is 0 Å². The van der Waals surface area contributed by atoms with E-state index < -0.39 is 12.2 Å². The van der Waals surface area contributed by atoms with Gasteiger partial charge in [0, 0.05) is 19.2 Å². The van der Waals surface area contributed by atoms with Gasteiger partial charge in [-0.15, -0.1) is 0 Å². The zero-order valence-electron chi connectivity index (χ0n) is 14.9. The third-order valence-electron chi connectivity index (χ3n) is 4.56. The van der Waals surface area contributed by atoms with Crippen molar-refractivity contribution >= 4 is 11.2 Å². The molecular weight excluding hydrogens is 351 g/mol. The number of nitrogens with one attached hydrogen (secondary N) is 1. The van der Waals surface area contributed by atoms with Crippen molar-refractivity contribution in [2.75, 3.05) is 19.7 Å². The molecule has 2 N–H and O–H groups in total. The summed E-state index contributed by atoms with van der Waals surface area (Å²) in [6.07, 6.45) is -0.296. The van der Waals surface area contributed by atoms with Gasteiger partial charge in [0.05, 0.1) is 24.9 Å². The van der Waals surface area contributed by atoms with E-state index in [9.17, 15) is 9.50 Å². The molecule has 142 valence electrons. The van der Waals surface area contributed by atoms with Crippen LogP contribution in [-0.2, 0) is 16.1 Å². The maximum Gasteiger partial charge on any atom is 0.216 e. The first-order valence-electron chi connectivity index (χ1n) is 8.80. The number of hydrogen-bond acceptors (Lipinski definition) is 6. The molecule has 2 aromatic heterocycles. The fourth-order valence-electron chi connectivity index (χ4n) is 3.04. The highest BCUT2D eigenvalue weighted by molar-refractivity contribution is 5.70.